The topological polar surface area (TPSA) is 36.4 Å². The molecule has 1 fully saturated rings. The average Bonchev–Trinajstić information content (AvgIpc) is 3.28. The minimum absolute atomic E-state index is 0.179. The normalized spacial score (nSPS) is 14.3. The number of fused-ring (bicyclic) bond motifs is 1. The highest BCUT2D eigenvalue weighted by molar-refractivity contribution is 7.22. The number of carbonyl (C=O) groups excluding carboxylic acids is 1. The molecule has 1 aromatic heterocycles. The summed E-state index contributed by atoms with van der Waals surface area (Å²) in [5.41, 5.74) is 5.73. The van der Waals surface area contributed by atoms with Crippen molar-refractivity contribution in [1.82, 2.24) is 9.88 Å². The van der Waals surface area contributed by atoms with Crippen molar-refractivity contribution in [2.24, 2.45) is 0 Å². The largest absolute Gasteiger partial charge is 0.345 e. The fourth-order valence-electron chi connectivity index (χ4n) is 4.42. The number of thiazole rings is 1. The molecule has 32 heavy (non-hydrogen) atoms. The number of piperazine rings is 1. The van der Waals surface area contributed by atoms with Gasteiger partial charge < -0.3 is 9.80 Å². The maximum absolute atomic E-state index is 13.7. The van der Waals surface area contributed by atoms with Crippen LogP contribution in [0, 0.1) is 13.8 Å². The van der Waals surface area contributed by atoms with Gasteiger partial charge in [-0.2, -0.15) is 0 Å². The van der Waals surface area contributed by atoms with Crippen molar-refractivity contribution in [2.75, 3.05) is 31.1 Å². The van der Waals surface area contributed by atoms with Crippen LogP contribution in [0.15, 0.2) is 72.8 Å². The number of amides is 1. The number of anilines is 1. The highest BCUT2D eigenvalue weighted by Crippen LogP contribution is 2.33. The van der Waals surface area contributed by atoms with E-state index in [-0.39, 0.29) is 11.8 Å². The van der Waals surface area contributed by atoms with Gasteiger partial charge in [-0.15, -0.1) is 0 Å². The van der Waals surface area contributed by atoms with Crippen LogP contribution in [0.4, 0.5) is 5.13 Å². The predicted molar refractivity (Wildman–Crippen MR) is 133 cm³/mol. The Kier molecular flexibility index (Phi) is 5.66. The van der Waals surface area contributed by atoms with Crippen LogP contribution in [0.5, 0.6) is 0 Å². The standard InChI is InChI=1S/C27H27N3OS/c1-19-13-14-23-25(20(19)2)28-27(32-23)30-17-15-29(16-18-30)26(31)24(21-9-5-3-6-10-21)22-11-7-4-8-12-22/h3-14,24H,15-18H2,1-2H3. The summed E-state index contributed by atoms with van der Waals surface area (Å²) in [7, 11) is 0. The van der Waals surface area contributed by atoms with Crippen molar-refractivity contribution < 1.29 is 4.79 Å². The van der Waals surface area contributed by atoms with Crippen molar-refractivity contribution in [2.45, 2.75) is 19.8 Å². The molecule has 1 aliphatic heterocycles. The molecule has 1 saturated heterocycles. The summed E-state index contributed by atoms with van der Waals surface area (Å²) in [6.07, 6.45) is 0. The Labute approximate surface area is 193 Å². The van der Waals surface area contributed by atoms with E-state index in [4.69, 9.17) is 4.98 Å². The summed E-state index contributed by atoms with van der Waals surface area (Å²) in [5.74, 6) is -0.0881. The lowest BCUT2D eigenvalue weighted by molar-refractivity contribution is -0.132. The van der Waals surface area contributed by atoms with Gasteiger partial charge in [-0.25, -0.2) is 4.98 Å². The Morgan fingerprint density at radius 1 is 0.844 bits per heavy atom. The van der Waals surface area contributed by atoms with Crippen molar-refractivity contribution in [3.8, 4) is 0 Å². The lowest BCUT2D eigenvalue weighted by Crippen LogP contribution is -2.50. The van der Waals surface area contributed by atoms with Crippen molar-refractivity contribution in [3.63, 3.8) is 0 Å². The maximum Gasteiger partial charge on any atom is 0.234 e. The molecule has 0 unspecified atom stereocenters. The summed E-state index contributed by atoms with van der Waals surface area (Å²) < 4.78 is 1.23. The second kappa shape index (κ2) is 8.75. The number of aromatic nitrogens is 1. The zero-order chi connectivity index (χ0) is 22.1. The van der Waals surface area contributed by atoms with Crippen LogP contribution in [-0.2, 0) is 4.79 Å². The Bertz CT molecular complexity index is 1190. The zero-order valence-corrected chi connectivity index (χ0v) is 19.3. The van der Waals surface area contributed by atoms with Crippen molar-refractivity contribution >= 4 is 32.6 Å². The first-order chi connectivity index (χ1) is 15.6. The highest BCUT2D eigenvalue weighted by atomic mass is 32.1. The molecular formula is C27H27N3OS. The molecule has 5 rings (SSSR count). The molecule has 4 nitrogen and oxygen atoms in total. The third-order valence-corrected chi connectivity index (χ3v) is 7.53. The molecule has 4 aromatic rings. The summed E-state index contributed by atoms with van der Waals surface area (Å²) in [6, 6.07) is 24.6. The number of hydrogen-bond donors (Lipinski definition) is 0. The molecule has 0 N–H and O–H groups in total. The fraction of sp³-hybridized carbons (Fsp3) is 0.259. The van der Waals surface area contributed by atoms with Crippen LogP contribution in [-0.4, -0.2) is 42.0 Å². The van der Waals surface area contributed by atoms with Crippen LogP contribution >= 0.6 is 11.3 Å². The minimum atomic E-state index is -0.267. The summed E-state index contributed by atoms with van der Waals surface area (Å²) in [6.45, 7) is 7.31. The molecule has 162 valence electrons. The SMILES string of the molecule is Cc1ccc2sc(N3CCN(C(=O)C(c4ccccc4)c4ccccc4)CC3)nc2c1C. The van der Waals surface area contributed by atoms with E-state index in [1.165, 1.54) is 15.8 Å². The molecule has 0 aliphatic carbocycles. The quantitative estimate of drug-likeness (QED) is 0.426. The number of rotatable bonds is 4. The molecule has 0 atom stereocenters. The van der Waals surface area contributed by atoms with E-state index in [2.05, 4.69) is 55.1 Å². The molecule has 0 bridgehead atoms. The van der Waals surface area contributed by atoms with Crippen LogP contribution in [0.2, 0.25) is 0 Å². The van der Waals surface area contributed by atoms with E-state index >= 15 is 0 Å². The summed E-state index contributed by atoms with van der Waals surface area (Å²) in [4.78, 5) is 22.9. The van der Waals surface area contributed by atoms with Gasteiger partial charge in [0.2, 0.25) is 5.91 Å². The van der Waals surface area contributed by atoms with Crippen LogP contribution in [0.1, 0.15) is 28.2 Å². The fourth-order valence-corrected chi connectivity index (χ4v) is 5.50. The van der Waals surface area contributed by atoms with Crippen molar-refractivity contribution in [1.29, 1.82) is 0 Å². The number of carbonyl (C=O) groups is 1. The van der Waals surface area contributed by atoms with Gasteiger partial charge in [0.1, 0.15) is 0 Å². The Hall–Kier alpha value is -3.18. The zero-order valence-electron chi connectivity index (χ0n) is 18.5. The number of nitrogens with zero attached hydrogens (tertiary/aromatic N) is 3. The number of aryl methyl sites for hydroxylation is 2. The molecule has 0 saturated carbocycles. The molecular weight excluding hydrogens is 414 g/mol. The first-order valence-corrected chi connectivity index (χ1v) is 11.9. The van der Waals surface area contributed by atoms with Gasteiger partial charge in [0.25, 0.3) is 0 Å². The summed E-state index contributed by atoms with van der Waals surface area (Å²) >= 11 is 1.75. The van der Waals surface area contributed by atoms with Gasteiger partial charge in [-0.3, -0.25) is 4.79 Å². The lowest BCUT2D eigenvalue weighted by atomic mass is 9.90. The molecule has 5 heteroatoms. The average molecular weight is 442 g/mol. The monoisotopic (exact) mass is 441 g/mol. The Morgan fingerprint density at radius 2 is 1.44 bits per heavy atom. The number of benzene rings is 3. The van der Waals surface area contributed by atoms with Gasteiger partial charge >= 0.3 is 0 Å². The van der Waals surface area contributed by atoms with Crippen LogP contribution < -0.4 is 4.90 Å². The number of hydrogen-bond acceptors (Lipinski definition) is 4. The molecule has 1 aliphatic rings. The Morgan fingerprint density at radius 3 is 2.03 bits per heavy atom. The van der Waals surface area contributed by atoms with Crippen LogP contribution in [0.25, 0.3) is 10.2 Å². The van der Waals surface area contributed by atoms with Gasteiger partial charge in [-0.1, -0.05) is 78.1 Å². The molecule has 0 radical (unpaired) electrons. The third-order valence-electron chi connectivity index (χ3n) is 6.45. The van der Waals surface area contributed by atoms with E-state index in [0.717, 1.165) is 34.9 Å². The third kappa shape index (κ3) is 3.89. The Balaban J connectivity index is 1.35. The first-order valence-electron chi connectivity index (χ1n) is 11.1. The second-order valence-corrected chi connectivity index (χ2v) is 9.43. The van der Waals surface area contributed by atoms with E-state index in [0.29, 0.717) is 13.1 Å². The molecule has 3 aromatic carbocycles. The van der Waals surface area contributed by atoms with E-state index in [1.54, 1.807) is 11.3 Å². The lowest BCUT2D eigenvalue weighted by Gasteiger charge is -2.36. The van der Waals surface area contributed by atoms with Gasteiger partial charge in [0.05, 0.1) is 16.1 Å². The van der Waals surface area contributed by atoms with Gasteiger partial charge in [0, 0.05) is 26.2 Å². The minimum Gasteiger partial charge on any atom is -0.345 e. The summed E-state index contributed by atoms with van der Waals surface area (Å²) in [5, 5.41) is 1.06. The van der Waals surface area contributed by atoms with E-state index < -0.39 is 0 Å². The van der Waals surface area contributed by atoms with Gasteiger partial charge in [-0.05, 0) is 42.2 Å². The smallest absolute Gasteiger partial charge is 0.234 e. The van der Waals surface area contributed by atoms with Crippen LogP contribution in [0.3, 0.4) is 0 Å². The predicted octanol–water partition coefficient (Wildman–Crippen LogP) is 5.39. The maximum atomic E-state index is 13.7. The molecule has 2 heterocycles. The second-order valence-electron chi connectivity index (χ2n) is 8.42. The molecule has 1 amide bonds. The van der Waals surface area contributed by atoms with Crippen molar-refractivity contribution in [3.05, 3.63) is 95.1 Å². The first kappa shape index (κ1) is 20.7. The van der Waals surface area contributed by atoms with E-state index in [9.17, 15) is 4.79 Å². The van der Waals surface area contributed by atoms with Gasteiger partial charge in [0.15, 0.2) is 5.13 Å². The molecule has 0 spiro atoms. The highest BCUT2D eigenvalue weighted by Gasteiger charge is 2.30. The van der Waals surface area contributed by atoms with E-state index in [1.807, 2.05) is 41.3 Å².